The maximum Gasteiger partial charge on any atom is 0.238 e. The average molecular weight is 356 g/mol. The van der Waals surface area contributed by atoms with Gasteiger partial charge < -0.3 is 10.5 Å². The quantitative estimate of drug-likeness (QED) is 0.766. The summed E-state index contributed by atoms with van der Waals surface area (Å²) in [5.74, 6) is -0.127. The van der Waals surface area contributed by atoms with Crippen molar-refractivity contribution in [1.29, 1.82) is 0 Å². The molecule has 0 aliphatic rings. The molecular weight excluding hydrogens is 340 g/mol. The number of hydrogen-bond donors (Lipinski definition) is 2. The van der Waals surface area contributed by atoms with E-state index in [0.717, 1.165) is 0 Å². The normalized spacial score (nSPS) is 12.1. The molecular formula is C14H16N2O5S2. The number of nitrogens with two attached hydrogens (primary N) is 2. The zero-order valence-corrected chi connectivity index (χ0v) is 13.9. The van der Waals surface area contributed by atoms with Crippen molar-refractivity contribution >= 4 is 25.5 Å². The Morgan fingerprint density at radius 3 is 2.13 bits per heavy atom. The first-order valence-corrected chi connectivity index (χ1v) is 9.61. The first-order chi connectivity index (χ1) is 10.6. The Hall–Kier alpha value is -2.10. The Bertz CT molecular complexity index is 920. The molecule has 0 heterocycles. The van der Waals surface area contributed by atoms with Gasteiger partial charge in [-0.05, 0) is 35.9 Å². The number of hydrogen-bond acceptors (Lipinski definition) is 6. The van der Waals surface area contributed by atoms with Gasteiger partial charge in [0.2, 0.25) is 10.0 Å². The fraction of sp³-hybridized carbons (Fsp3) is 0.143. The fourth-order valence-corrected chi connectivity index (χ4v) is 4.08. The van der Waals surface area contributed by atoms with Crippen LogP contribution in [-0.2, 0) is 25.6 Å². The Labute approximate surface area is 134 Å². The number of benzene rings is 2. The Kier molecular flexibility index (Phi) is 4.64. The Morgan fingerprint density at radius 2 is 1.61 bits per heavy atom. The molecule has 7 nitrogen and oxygen atoms in total. The van der Waals surface area contributed by atoms with E-state index in [2.05, 4.69) is 0 Å². The summed E-state index contributed by atoms with van der Waals surface area (Å²) in [6.07, 6.45) is 0. The van der Waals surface area contributed by atoms with Crippen LogP contribution in [0.1, 0.15) is 5.56 Å². The lowest BCUT2D eigenvalue weighted by molar-refractivity contribution is 0.403. The number of primary sulfonamides is 1. The molecule has 4 N–H and O–H groups in total. The minimum absolute atomic E-state index is 0.0180. The molecule has 0 bridgehead atoms. The molecule has 0 saturated heterocycles. The molecule has 2 aromatic carbocycles. The van der Waals surface area contributed by atoms with Crippen molar-refractivity contribution in [3.63, 3.8) is 0 Å². The molecule has 0 unspecified atom stereocenters. The molecule has 2 aromatic rings. The lowest BCUT2D eigenvalue weighted by Gasteiger charge is -2.10. The number of nitrogen functional groups attached to an aromatic ring is 1. The van der Waals surface area contributed by atoms with Crippen LogP contribution in [0.15, 0.2) is 52.3 Å². The molecule has 0 aliphatic carbocycles. The van der Waals surface area contributed by atoms with Gasteiger partial charge >= 0.3 is 0 Å². The SMILES string of the molecule is COc1ccc(N)cc1S(=O)(=O)Cc1ccc(S(N)(=O)=O)cc1. The van der Waals surface area contributed by atoms with Crippen molar-refractivity contribution in [2.45, 2.75) is 15.5 Å². The van der Waals surface area contributed by atoms with Gasteiger partial charge in [-0.2, -0.15) is 0 Å². The fourth-order valence-electron chi connectivity index (χ4n) is 2.01. The molecule has 0 aliphatic heterocycles. The summed E-state index contributed by atoms with van der Waals surface area (Å²) >= 11 is 0. The molecule has 23 heavy (non-hydrogen) atoms. The largest absolute Gasteiger partial charge is 0.495 e. The summed E-state index contributed by atoms with van der Waals surface area (Å²) < 4.78 is 52.5. The standard InChI is InChI=1S/C14H16N2O5S2/c1-21-13-7-4-11(15)8-14(13)22(17,18)9-10-2-5-12(6-3-10)23(16,19)20/h2-8H,9,15H2,1H3,(H2,16,19,20). The molecule has 0 fully saturated rings. The second kappa shape index (κ2) is 6.19. The molecule has 2 rings (SSSR count). The topological polar surface area (TPSA) is 130 Å². The van der Waals surface area contributed by atoms with E-state index >= 15 is 0 Å². The van der Waals surface area contributed by atoms with Gasteiger partial charge in [-0.15, -0.1) is 0 Å². The molecule has 0 saturated carbocycles. The second-order valence-corrected chi connectivity index (χ2v) is 8.38. The van der Waals surface area contributed by atoms with Crippen LogP contribution in [0.2, 0.25) is 0 Å². The van der Waals surface area contributed by atoms with Gasteiger partial charge in [-0.3, -0.25) is 0 Å². The van der Waals surface area contributed by atoms with E-state index < -0.39 is 19.9 Å². The lowest BCUT2D eigenvalue weighted by Crippen LogP contribution is -2.12. The number of sulfone groups is 1. The van der Waals surface area contributed by atoms with Crippen molar-refractivity contribution in [2.24, 2.45) is 5.14 Å². The summed E-state index contributed by atoms with van der Waals surface area (Å²) in [5, 5.41) is 5.00. The number of rotatable bonds is 5. The molecule has 0 amide bonds. The number of sulfonamides is 1. The average Bonchev–Trinajstić information content (AvgIpc) is 2.46. The van der Waals surface area contributed by atoms with Crippen LogP contribution in [0.25, 0.3) is 0 Å². The molecule has 0 atom stereocenters. The summed E-state index contributed by atoms with van der Waals surface area (Å²) in [6, 6.07) is 9.66. The van der Waals surface area contributed by atoms with Crippen LogP contribution in [0.5, 0.6) is 5.75 Å². The van der Waals surface area contributed by atoms with Crippen LogP contribution >= 0.6 is 0 Å². The number of methoxy groups -OCH3 is 1. The predicted octanol–water partition coefficient (Wildman–Crippen LogP) is 0.899. The summed E-state index contributed by atoms with van der Waals surface area (Å²) in [7, 11) is -6.16. The summed E-state index contributed by atoms with van der Waals surface area (Å²) in [4.78, 5) is -0.101. The zero-order valence-electron chi connectivity index (χ0n) is 12.3. The number of anilines is 1. The number of ether oxygens (including phenoxy) is 1. The van der Waals surface area contributed by atoms with E-state index in [1.807, 2.05) is 0 Å². The van der Waals surface area contributed by atoms with Crippen LogP contribution in [-0.4, -0.2) is 23.9 Å². The van der Waals surface area contributed by atoms with Crippen molar-refractivity contribution in [3.05, 3.63) is 48.0 Å². The van der Waals surface area contributed by atoms with Crippen molar-refractivity contribution in [2.75, 3.05) is 12.8 Å². The zero-order chi connectivity index (χ0) is 17.3. The van der Waals surface area contributed by atoms with E-state index in [9.17, 15) is 16.8 Å². The first-order valence-electron chi connectivity index (χ1n) is 6.41. The Morgan fingerprint density at radius 1 is 1.00 bits per heavy atom. The summed E-state index contributed by atoms with van der Waals surface area (Å²) in [5.41, 5.74) is 6.36. The summed E-state index contributed by atoms with van der Waals surface area (Å²) in [6.45, 7) is 0. The molecule has 0 spiro atoms. The monoisotopic (exact) mass is 356 g/mol. The van der Waals surface area contributed by atoms with E-state index in [1.54, 1.807) is 6.07 Å². The van der Waals surface area contributed by atoms with Gasteiger partial charge in [-0.25, -0.2) is 22.0 Å². The molecule has 9 heteroatoms. The molecule has 124 valence electrons. The van der Waals surface area contributed by atoms with Gasteiger partial charge in [0.25, 0.3) is 0 Å². The van der Waals surface area contributed by atoms with E-state index in [-0.39, 0.29) is 21.3 Å². The van der Waals surface area contributed by atoms with Crippen molar-refractivity contribution in [1.82, 2.24) is 0 Å². The van der Waals surface area contributed by atoms with Gasteiger partial charge in [-0.1, -0.05) is 12.1 Å². The van der Waals surface area contributed by atoms with E-state index in [0.29, 0.717) is 11.3 Å². The first kappa shape index (κ1) is 17.3. The van der Waals surface area contributed by atoms with Crippen molar-refractivity contribution in [3.8, 4) is 5.75 Å². The third-order valence-corrected chi connectivity index (χ3v) is 5.76. The second-order valence-electron chi connectivity index (χ2n) is 4.86. The van der Waals surface area contributed by atoms with Gasteiger partial charge in [0.15, 0.2) is 9.84 Å². The highest BCUT2D eigenvalue weighted by Gasteiger charge is 2.21. The van der Waals surface area contributed by atoms with Crippen molar-refractivity contribution < 1.29 is 21.6 Å². The lowest BCUT2D eigenvalue weighted by atomic mass is 10.2. The van der Waals surface area contributed by atoms with Gasteiger partial charge in [0.1, 0.15) is 10.6 Å². The molecule has 0 aromatic heterocycles. The van der Waals surface area contributed by atoms with E-state index in [1.165, 1.54) is 43.5 Å². The predicted molar refractivity (Wildman–Crippen MR) is 86.1 cm³/mol. The van der Waals surface area contributed by atoms with Gasteiger partial charge in [0, 0.05) is 5.69 Å². The highest BCUT2D eigenvalue weighted by Crippen LogP contribution is 2.28. The van der Waals surface area contributed by atoms with E-state index in [4.69, 9.17) is 15.6 Å². The Balaban J connectivity index is 2.37. The maximum absolute atomic E-state index is 12.5. The minimum Gasteiger partial charge on any atom is -0.495 e. The van der Waals surface area contributed by atoms with Crippen LogP contribution in [0.3, 0.4) is 0 Å². The van der Waals surface area contributed by atoms with Gasteiger partial charge in [0.05, 0.1) is 17.8 Å². The van der Waals surface area contributed by atoms with Crippen LogP contribution in [0.4, 0.5) is 5.69 Å². The molecule has 0 radical (unpaired) electrons. The maximum atomic E-state index is 12.5. The van der Waals surface area contributed by atoms with Crippen LogP contribution in [0, 0.1) is 0 Å². The third kappa shape index (κ3) is 4.01. The highest BCUT2D eigenvalue weighted by molar-refractivity contribution is 7.90. The minimum atomic E-state index is -3.82. The third-order valence-electron chi connectivity index (χ3n) is 3.13. The van der Waals surface area contributed by atoms with Crippen LogP contribution < -0.4 is 15.6 Å². The highest BCUT2D eigenvalue weighted by atomic mass is 32.2. The smallest absolute Gasteiger partial charge is 0.238 e.